The first-order valence-electron chi connectivity index (χ1n) is 9.09. The van der Waals surface area contributed by atoms with Gasteiger partial charge in [0.15, 0.2) is 0 Å². The van der Waals surface area contributed by atoms with E-state index in [0.717, 1.165) is 6.54 Å². The maximum Gasteiger partial charge on any atom is 0.0237 e. The molecule has 0 N–H and O–H groups in total. The normalized spacial score (nSPS) is 20.9. The molecular weight excluding hydrogens is 268 g/mol. The van der Waals surface area contributed by atoms with E-state index in [2.05, 4.69) is 48.8 Å². The summed E-state index contributed by atoms with van der Waals surface area (Å²) in [6, 6.07) is 7.17. The Bertz CT molecular complexity index is 495. The summed E-state index contributed by atoms with van der Waals surface area (Å²) in [5, 5.41) is 0. The van der Waals surface area contributed by atoms with E-state index in [1.807, 2.05) is 0 Å². The van der Waals surface area contributed by atoms with Gasteiger partial charge in [-0.2, -0.15) is 0 Å². The molecule has 0 saturated carbocycles. The predicted molar refractivity (Wildman–Crippen MR) is 94.4 cm³/mol. The van der Waals surface area contributed by atoms with Crippen LogP contribution in [0, 0.1) is 0 Å². The summed E-state index contributed by atoms with van der Waals surface area (Å²) in [5.74, 6) is 0. The van der Waals surface area contributed by atoms with Gasteiger partial charge in [-0.05, 0) is 54.5 Å². The highest BCUT2D eigenvalue weighted by molar-refractivity contribution is 5.36. The third kappa shape index (κ3) is 3.91. The summed E-state index contributed by atoms with van der Waals surface area (Å²) >= 11 is 0. The minimum atomic E-state index is 0.255. The van der Waals surface area contributed by atoms with Crippen molar-refractivity contribution < 1.29 is 0 Å². The van der Waals surface area contributed by atoms with Crippen LogP contribution in [0.4, 0.5) is 0 Å². The van der Waals surface area contributed by atoms with Gasteiger partial charge in [0.2, 0.25) is 0 Å². The van der Waals surface area contributed by atoms with Crippen molar-refractivity contribution in [3.05, 3.63) is 34.9 Å². The number of likely N-dealkylation sites (tertiary alicyclic amines) is 1. The Kier molecular flexibility index (Phi) is 4.89. The highest BCUT2D eigenvalue weighted by Crippen LogP contribution is 2.27. The lowest BCUT2D eigenvalue weighted by molar-refractivity contribution is 0.173. The molecule has 2 nitrogen and oxygen atoms in total. The number of fused-ring (bicyclic) bond motifs is 1. The fourth-order valence-corrected chi connectivity index (χ4v) is 3.74. The molecule has 0 bridgehead atoms. The van der Waals surface area contributed by atoms with Crippen molar-refractivity contribution in [1.29, 1.82) is 0 Å². The summed E-state index contributed by atoms with van der Waals surface area (Å²) < 4.78 is 0. The van der Waals surface area contributed by atoms with Gasteiger partial charge < -0.3 is 4.90 Å². The molecule has 3 rings (SSSR count). The molecular formula is C20H32N2. The summed E-state index contributed by atoms with van der Waals surface area (Å²) in [4.78, 5) is 5.31. The zero-order chi connectivity index (χ0) is 15.6. The summed E-state index contributed by atoms with van der Waals surface area (Å²) in [7, 11) is 0. The number of hydrogen-bond donors (Lipinski definition) is 0. The second-order valence-corrected chi connectivity index (χ2v) is 8.16. The molecule has 22 heavy (non-hydrogen) atoms. The number of nitrogens with zero attached hydrogens (tertiary/aromatic N) is 2. The van der Waals surface area contributed by atoms with Crippen molar-refractivity contribution in [2.75, 3.05) is 32.7 Å². The Hall–Kier alpha value is -0.860. The van der Waals surface area contributed by atoms with Crippen molar-refractivity contribution in [1.82, 2.24) is 9.80 Å². The largest absolute Gasteiger partial charge is 0.302 e. The molecule has 122 valence electrons. The van der Waals surface area contributed by atoms with Gasteiger partial charge in [0, 0.05) is 26.2 Å². The van der Waals surface area contributed by atoms with Crippen molar-refractivity contribution in [2.45, 2.75) is 58.4 Å². The molecule has 0 aliphatic carbocycles. The summed E-state index contributed by atoms with van der Waals surface area (Å²) in [6.07, 6.45) is 5.46. The van der Waals surface area contributed by atoms with Crippen LogP contribution in [0.15, 0.2) is 18.2 Å². The Morgan fingerprint density at radius 1 is 0.864 bits per heavy atom. The average molecular weight is 300 g/mol. The second kappa shape index (κ2) is 6.72. The van der Waals surface area contributed by atoms with E-state index >= 15 is 0 Å². The van der Waals surface area contributed by atoms with E-state index in [9.17, 15) is 0 Å². The first kappa shape index (κ1) is 16.0. The molecule has 2 aliphatic heterocycles. The van der Waals surface area contributed by atoms with Crippen molar-refractivity contribution in [3.63, 3.8) is 0 Å². The lowest BCUT2D eigenvalue weighted by Gasteiger charge is -2.33. The first-order chi connectivity index (χ1) is 10.5. The third-order valence-corrected chi connectivity index (χ3v) is 5.34. The number of piperidine rings is 1. The van der Waals surface area contributed by atoms with Crippen LogP contribution in [0.25, 0.3) is 0 Å². The lowest BCUT2D eigenvalue weighted by Crippen LogP contribution is -2.39. The van der Waals surface area contributed by atoms with E-state index in [0.29, 0.717) is 0 Å². The van der Waals surface area contributed by atoms with Crippen LogP contribution in [0.2, 0.25) is 0 Å². The minimum absolute atomic E-state index is 0.255. The van der Waals surface area contributed by atoms with Crippen molar-refractivity contribution in [3.8, 4) is 0 Å². The average Bonchev–Trinajstić information content (AvgIpc) is 2.52. The van der Waals surface area contributed by atoms with E-state index in [-0.39, 0.29) is 5.41 Å². The number of hydrogen-bond acceptors (Lipinski definition) is 2. The minimum Gasteiger partial charge on any atom is -0.302 e. The van der Waals surface area contributed by atoms with Crippen molar-refractivity contribution >= 4 is 0 Å². The predicted octanol–water partition coefficient (Wildman–Crippen LogP) is 3.83. The van der Waals surface area contributed by atoms with Crippen LogP contribution in [0.1, 0.15) is 56.7 Å². The highest BCUT2D eigenvalue weighted by Gasteiger charge is 2.20. The molecule has 0 unspecified atom stereocenters. The molecule has 1 aromatic carbocycles. The van der Waals surface area contributed by atoms with Gasteiger partial charge in [0.1, 0.15) is 0 Å². The fourth-order valence-electron chi connectivity index (χ4n) is 3.74. The van der Waals surface area contributed by atoms with Crippen LogP contribution in [0.3, 0.4) is 0 Å². The van der Waals surface area contributed by atoms with E-state index < -0.39 is 0 Å². The van der Waals surface area contributed by atoms with E-state index in [1.165, 1.54) is 64.0 Å². The maximum atomic E-state index is 2.66. The van der Waals surface area contributed by atoms with Gasteiger partial charge in [0.25, 0.3) is 0 Å². The molecule has 1 fully saturated rings. The highest BCUT2D eigenvalue weighted by atomic mass is 15.2. The molecule has 1 saturated heterocycles. The molecule has 0 spiro atoms. The quantitative estimate of drug-likeness (QED) is 0.837. The first-order valence-corrected chi connectivity index (χ1v) is 9.09. The van der Waals surface area contributed by atoms with E-state index in [4.69, 9.17) is 0 Å². The molecule has 0 aromatic heterocycles. The van der Waals surface area contributed by atoms with Gasteiger partial charge in [-0.1, -0.05) is 45.4 Å². The second-order valence-electron chi connectivity index (χ2n) is 8.16. The Morgan fingerprint density at radius 2 is 1.59 bits per heavy atom. The monoisotopic (exact) mass is 300 g/mol. The molecule has 1 aromatic rings. The standard InChI is InChI=1S/C20H32N2/c1-20(2,3)19-8-7-17-9-12-22(16-18(17)15-19)14-13-21-10-5-4-6-11-21/h7-8,15H,4-6,9-14,16H2,1-3H3. The molecule has 2 aliphatic rings. The summed E-state index contributed by atoms with van der Waals surface area (Å²) in [6.45, 7) is 14.4. The SMILES string of the molecule is CC(C)(C)c1ccc2c(c1)CN(CCN1CCCCC1)CC2. The van der Waals surface area contributed by atoms with Gasteiger partial charge in [-0.3, -0.25) is 4.90 Å². The number of benzene rings is 1. The van der Waals surface area contributed by atoms with Crippen LogP contribution < -0.4 is 0 Å². The molecule has 2 heteroatoms. The molecule has 0 amide bonds. The summed E-state index contributed by atoms with van der Waals surface area (Å²) in [5.41, 5.74) is 4.87. The Labute approximate surface area is 136 Å². The van der Waals surface area contributed by atoms with Crippen LogP contribution in [-0.4, -0.2) is 42.5 Å². The third-order valence-electron chi connectivity index (χ3n) is 5.34. The van der Waals surface area contributed by atoms with Gasteiger partial charge in [-0.25, -0.2) is 0 Å². The zero-order valence-corrected chi connectivity index (χ0v) is 14.7. The molecule has 0 atom stereocenters. The topological polar surface area (TPSA) is 6.48 Å². The zero-order valence-electron chi connectivity index (χ0n) is 14.7. The van der Waals surface area contributed by atoms with Gasteiger partial charge in [0.05, 0.1) is 0 Å². The lowest BCUT2D eigenvalue weighted by atomic mass is 9.84. The van der Waals surface area contributed by atoms with Gasteiger partial charge in [-0.15, -0.1) is 0 Å². The molecule has 0 radical (unpaired) electrons. The maximum absolute atomic E-state index is 2.66. The van der Waals surface area contributed by atoms with Gasteiger partial charge >= 0.3 is 0 Å². The fraction of sp³-hybridized carbons (Fsp3) is 0.700. The Balaban J connectivity index is 1.60. The smallest absolute Gasteiger partial charge is 0.0237 e. The van der Waals surface area contributed by atoms with Crippen LogP contribution in [0.5, 0.6) is 0 Å². The van der Waals surface area contributed by atoms with Crippen LogP contribution >= 0.6 is 0 Å². The Morgan fingerprint density at radius 3 is 2.32 bits per heavy atom. The molecule has 2 heterocycles. The van der Waals surface area contributed by atoms with Crippen molar-refractivity contribution in [2.24, 2.45) is 0 Å². The van der Waals surface area contributed by atoms with E-state index in [1.54, 1.807) is 11.1 Å². The van der Waals surface area contributed by atoms with Crippen LogP contribution in [-0.2, 0) is 18.4 Å². The number of rotatable bonds is 3.